The molecule has 8 nitrogen and oxygen atoms in total. The highest BCUT2D eigenvalue weighted by Gasteiger charge is 2.35. The van der Waals surface area contributed by atoms with Gasteiger partial charge in [-0.3, -0.25) is 4.79 Å². The summed E-state index contributed by atoms with van der Waals surface area (Å²) in [6.07, 6.45) is 0.248. The van der Waals surface area contributed by atoms with Crippen LogP contribution in [-0.2, 0) is 14.3 Å². The van der Waals surface area contributed by atoms with Crippen LogP contribution in [0, 0.1) is 0 Å². The van der Waals surface area contributed by atoms with Crippen molar-refractivity contribution in [2.45, 2.75) is 57.4 Å². The van der Waals surface area contributed by atoms with Crippen molar-refractivity contribution in [2.75, 3.05) is 19.7 Å². The minimum atomic E-state index is -1.41. The van der Waals surface area contributed by atoms with Crippen LogP contribution < -0.4 is 11.5 Å². The molecule has 0 spiro atoms. The number of aliphatic carboxylic acids is 1. The molecule has 140 valence electrons. The van der Waals surface area contributed by atoms with E-state index in [2.05, 4.69) is 19.6 Å². The molecule has 0 saturated carbocycles. The maximum absolute atomic E-state index is 12.3. The lowest BCUT2D eigenvalue weighted by Crippen LogP contribution is -2.49. The van der Waals surface area contributed by atoms with Gasteiger partial charge < -0.3 is 21.3 Å². The molecule has 0 unspecified atom stereocenters. The SMILES string of the molecule is C[Si](C)(C)CCOC(=O)N(C(=O)CCN)[C@@H](CCCCN)C(=O)O. The van der Waals surface area contributed by atoms with Crippen LogP contribution in [0.15, 0.2) is 0 Å². The maximum atomic E-state index is 12.3. The van der Waals surface area contributed by atoms with Gasteiger partial charge in [0.2, 0.25) is 5.91 Å². The van der Waals surface area contributed by atoms with Crippen LogP contribution in [0.4, 0.5) is 4.79 Å². The zero-order valence-corrected chi connectivity index (χ0v) is 15.9. The molecule has 0 aromatic heterocycles. The first-order valence-electron chi connectivity index (χ1n) is 8.25. The second-order valence-electron chi connectivity index (χ2n) is 6.87. The Morgan fingerprint density at radius 1 is 1.12 bits per heavy atom. The molecule has 0 aliphatic heterocycles. The summed E-state index contributed by atoms with van der Waals surface area (Å²) in [5.41, 5.74) is 10.8. The Morgan fingerprint density at radius 2 is 1.75 bits per heavy atom. The molecule has 0 aromatic carbocycles. The van der Waals surface area contributed by atoms with E-state index in [1.165, 1.54) is 0 Å². The molecule has 9 heteroatoms. The number of imide groups is 1. The van der Waals surface area contributed by atoms with E-state index in [4.69, 9.17) is 16.2 Å². The Kier molecular flexibility index (Phi) is 10.5. The van der Waals surface area contributed by atoms with E-state index in [-0.39, 0.29) is 26.0 Å². The Bertz CT molecular complexity index is 426. The number of unbranched alkanes of at least 4 members (excludes halogenated alkanes) is 1. The Hall–Kier alpha value is -1.45. The summed E-state index contributed by atoms with van der Waals surface area (Å²) in [5, 5.41) is 9.41. The number of carbonyl (C=O) groups is 3. The number of carbonyl (C=O) groups excluding carboxylic acids is 2. The average Bonchev–Trinajstić information content (AvgIpc) is 2.44. The molecular formula is C15H31N3O5Si. The summed E-state index contributed by atoms with van der Waals surface area (Å²) >= 11 is 0. The highest BCUT2D eigenvalue weighted by Crippen LogP contribution is 2.14. The average molecular weight is 362 g/mol. The van der Waals surface area contributed by atoms with Crippen molar-refractivity contribution in [1.82, 2.24) is 4.90 Å². The molecule has 0 radical (unpaired) electrons. The van der Waals surface area contributed by atoms with Crippen LogP contribution in [0.3, 0.4) is 0 Å². The van der Waals surface area contributed by atoms with Crippen LogP contribution in [-0.4, -0.2) is 61.8 Å². The smallest absolute Gasteiger partial charge is 0.417 e. The van der Waals surface area contributed by atoms with Crippen LogP contribution in [0.1, 0.15) is 25.7 Å². The van der Waals surface area contributed by atoms with E-state index in [0.717, 1.165) is 6.04 Å². The van der Waals surface area contributed by atoms with Gasteiger partial charge in [0.1, 0.15) is 6.04 Å². The lowest BCUT2D eigenvalue weighted by atomic mass is 10.1. The fourth-order valence-corrected chi connectivity index (χ4v) is 2.72. The first kappa shape index (κ1) is 22.5. The Labute approximate surface area is 144 Å². The number of nitrogens with two attached hydrogens (primary N) is 2. The van der Waals surface area contributed by atoms with Crippen molar-refractivity contribution in [1.29, 1.82) is 0 Å². The van der Waals surface area contributed by atoms with Gasteiger partial charge in [0.15, 0.2) is 0 Å². The van der Waals surface area contributed by atoms with Gasteiger partial charge in [-0.2, -0.15) is 0 Å². The molecule has 24 heavy (non-hydrogen) atoms. The predicted octanol–water partition coefficient (Wildman–Crippen LogP) is 1.22. The summed E-state index contributed by atoms with van der Waals surface area (Å²) in [4.78, 5) is 36.7. The summed E-state index contributed by atoms with van der Waals surface area (Å²) in [6.45, 7) is 7.02. The van der Waals surface area contributed by atoms with Crippen LogP contribution >= 0.6 is 0 Å². The number of ether oxygens (including phenoxy) is 1. The van der Waals surface area contributed by atoms with Crippen molar-refractivity contribution < 1.29 is 24.2 Å². The summed E-state index contributed by atoms with van der Waals surface area (Å²) in [6, 6.07) is -0.516. The molecule has 0 bridgehead atoms. The van der Waals surface area contributed by atoms with Crippen molar-refractivity contribution >= 4 is 26.0 Å². The third-order valence-electron chi connectivity index (χ3n) is 3.43. The maximum Gasteiger partial charge on any atom is 0.417 e. The molecule has 0 aliphatic carbocycles. The topological polar surface area (TPSA) is 136 Å². The molecule has 2 amide bonds. The predicted molar refractivity (Wildman–Crippen MR) is 94.3 cm³/mol. The van der Waals surface area contributed by atoms with Gasteiger partial charge >= 0.3 is 12.1 Å². The normalized spacial score (nSPS) is 12.5. The van der Waals surface area contributed by atoms with Crippen molar-refractivity contribution in [2.24, 2.45) is 11.5 Å². The van der Waals surface area contributed by atoms with Gasteiger partial charge in [-0.1, -0.05) is 19.6 Å². The van der Waals surface area contributed by atoms with Gasteiger partial charge in [0, 0.05) is 21.0 Å². The van der Waals surface area contributed by atoms with E-state index >= 15 is 0 Å². The van der Waals surface area contributed by atoms with Gasteiger partial charge in [0.25, 0.3) is 0 Å². The van der Waals surface area contributed by atoms with Crippen molar-refractivity contribution in [3.8, 4) is 0 Å². The first-order valence-corrected chi connectivity index (χ1v) is 12.0. The molecule has 5 N–H and O–H groups in total. The molecule has 1 atom stereocenters. The summed E-state index contributed by atoms with van der Waals surface area (Å²) in [7, 11) is -1.41. The lowest BCUT2D eigenvalue weighted by molar-refractivity contribution is -0.149. The standard InChI is InChI=1S/C15H31N3O5Si/c1-24(2,3)11-10-23-15(22)18(13(19)7-9-17)12(14(20)21)6-4-5-8-16/h12H,4-11,16-17H2,1-3H3,(H,20,21)/t12-/m0/s1. The molecule has 0 saturated heterocycles. The quantitative estimate of drug-likeness (QED) is 0.372. The largest absolute Gasteiger partial charge is 0.480 e. The van der Waals surface area contributed by atoms with E-state index in [9.17, 15) is 19.5 Å². The monoisotopic (exact) mass is 361 g/mol. The first-order chi connectivity index (χ1) is 11.1. The minimum absolute atomic E-state index is 0.0344. The number of carboxylic acids is 1. The third kappa shape index (κ3) is 8.99. The second kappa shape index (κ2) is 11.2. The van der Waals surface area contributed by atoms with Crippen molar-refractivity contribution in [3.05, 3.63) is 0 Å². The van der Waals surface area contributed by atoms with Crippen LogP contribution in [0.2, 0.25) is 25.7 Å². The molecule has 0 rings (SSSR count). The van der Waals surface area contributed by atoms with E-state index in [1.807, 2.05) is 0 Å². The summed E-state index contributed by atoms with van der Waals surface area (Å²) in [5.74, 6) is -1.87. The Balaban J connectivity index is 5.06. The molecule has 0 aromatic rings. The van der Waals surface area contributed by atoms with E-state index < -0.39 is 32.1 Å². The third-order valence-corrected chi connectivity index (χ3v) is 5.13. The number of hydrogen-bond acceptors (Lipinski definition) is 6. The van der Waals surface area contributed by atoms with Gasteiger partial charge in [-0.15, -0.1) is 0 Å². The molecule has 0 aliphatic rings. The second-order valence-corrected chi connectivity index (χ2v) is 12.5. The highest BCUT2D eigenvalue weighted by molar-refractivity contribution is 6.76. The fourth-order valence-electron chi connectivity index (χ4n) is 2.01. The zero-order valence-electron chi connectivity index (χ0n) is 14.9. The molecule has 0 heterocycles. The van der Waals surface area contributed by atoms with Crippen LogP contribution in [0.25, 0.3) is 0 Å². The summed E-state index contributed by atoms with van der Waals surface area (Å²) < 4.78 is 5.16. The minimum Gasteiger partial charge on any atom is -0.480 e. The lowest BCUT2D eigenvalue weighted by Gasteiger charge is -2.27. The number of rotatable bonds is 11. The Morgan fingerprint density at radius 3 is 2.21 bits per heavy atom. The molecule has 0 fully saturated rings. The number of carboxylic acid groups (broad SMARTS) is 1. The van der Waals surface area contributed by atoms with Gasteiger partial charge in [0.05, 0.1) is 6.61 Å². The molecular weight excluding hydrogens is 330 g/mol. The van der Waals surface area contributed by atoms with E-state index in [1.54, 1.807) is 0 Å². The van der Waals surface area contributed by atoms with Gasteiger partial charge in [-0.05, 0) is 31.9 Å². The highest BCUT2D eigenvalue weighted by atomic mass is 28.3. The number of hydrogen-bond donors (Lipinski definition) is 3. The van der Waals surface area contributed by atoms with E-state index in [0.29, 0.717) is 24.3 Å². The number of amides is 2. The van der Waals surface area contributed by atoms with Gasteiger partial charge in [-0.25, -0.2) is 14.5 Å². The zero-order chi connectivity index (χ0) is 18.8. The number of nitrogens with zero attached hydrogens (tertiary/aromatic N) is 1. The van der Waals surface area contributed by atoms with Crippen molar-refractivity contribution in [3.63, 3.8) is 0 Å². The fraction of sp³-hybridized carbons (Fsp3) is 0.800. The van der Waals surface area contributed by atoms with Crippen LogP contribution in [0.5, 0.6) is 0 Å².